The van der Waals surface area contributed by atoms with Gasteiger partial charge in [0.25, 0.3) is 11.8 Å². The molecule has 0 radical (unpaired) electrons. The van der Waals surface area contributed by atoms with Gasteiger partial charge in [-0.05, 0) is 75.4 Å². The number of benzene rings is 2. The molecule has 0 spiro atoms. The van der Waals surface area contributed by atoms with Crippen LogP contribution in [0.1, 0.15) is 60.0 Å². The number of hydrogen-bond acceptors (Lipinski definition) is 4. The maximum atomic E-state index is 13.5. The van der Waals surface area contributed by atoms with Crippen molar-refractivity contribution in [2.45, 2.75) is 51.5 Å². The van der Waals surface area contributed by atoms with E-state index in [0.717, 1.165) is 29.7 Å². The van der Waals surface area contributed by atoms with Crippen LogP contribution in [-0.4, -0.2) is 35.2 Å². The van der Waals surface area contributed by atoms with Crippen LogP contribution < -0.4 is 4.90 Å². The van der Waals surface area contributed by atoms with Crippen LogP contribution in [0, 0.1) is 18.3 Å². The van der Waals surface area contributed by atoms with E-state index in [2.05, 4.69) is 6.08 Å². The molecule has 168 valence electrons. The van der Waals surface area contributed by atoms with Gasteiger partial charge in [0.15, 0.2) is 0 Å². The van der Waals surface area contributed by atoms with Crippen molar-refractivity contribution >= 4 is 23.4 Å². The van der Waals surface area contributed by atoms with E-state index in [9.17, 15) is 14.4 Å². The van der Waals surface area contributed by atoms with Crippen LogP contribution in [0.5, 0.6) is 0 Å². The first kappa shape index (κ1) is 22.5. The topological polar surface area (TPSA) is 81.5 Å². The number of rotatable bonds is 6. The number of hydrogen-bond donors (Lipinski definition) is 0. The molecule has 2 aromatic carbocycles. The van der Waals surface area contributed by atoms with E-state index in [1.807, 2.05) is 25.1 Å². The molecule has 1 fully saturated rings. The molecule has 6 nitrogen and oxygen atoms in total. The Morgan fingerprint density at radius 1 is 1.09 bits per heavy atom. The molecule has 2 aliphatic rings. The average molecular weight is 442 g/mol. The van der Waals surface area contributed by atoms with Gasteiger partial charge in [0.1, 0.15) is 6.04 Å². The molecule has 4 rings (SSSR count). The number of carbonyl (C=O) groups excluding carboxylic acids is 3. The highest BCUT2D eigenvalue weighted by molar-refractivity contribution is 6.23. The second-order valence-corrected chi connectivity index (χ2v) is 8.67. The number of allylic oxidation sites excluding steroid dienone is 1. The number of aryl methyl sites for hydroxylation is 1. The lowest BCUT2D eigenvalue weighted by atomic mass is 9.96. The highest BCUT2D eigenvalue weighted by Gasteiger charge is 2.44. The van der Waals surface area contributed by atoms with Crippen molar-refractivity contribution in [3.8, 4) is 6.07 Å². The first-order valence-electron chi connectivity index (χ1n) is 11.4. The average Bonchev–Trinajstić information content (AvgIpc) is 3.13. The Hall–Kier alpha value is -3.72. The minimum Gasteiger partial charge on any atom is -0.326 e. The first-order chi connectivity index (χ1) is 16.0. The fourth-order valence-corrected chi connectivity index (χ4v) is 4.47. The largest absolute Gasteiger partial charge is 0.326 e. The van der Waals surface area contributed by atoms with Crippen LogP contribution in [0.15, 0.2) is 60.2 Å². The molecule has 0 N–H and O–H groups in total. The zero-order valence-electron chi connectivity index (χ0n) is 18.8. The predicted octanol–water partition coefficient (Wildman–Crippen LogP) is 4.53. The quantitative estimate of drug-likeness (QED) is 0.487. The van der Waals surface area contributed by atoms with Gasteiger partial charge in [-0.3, -0.25) is 14.4 Å². The van der Waals surface area contributed by atoms with Crippen molar-refractivity contribution in [3.05, 3.63) is 76.9 Å². The molecule has 3 amide bonds. The summed E-state index contributed by atoms with van der Waals surface area (Å²) in [7, 11) is 0. The van der Waals surface area contributed by atoms with Gasteiger partial charge in [-0.1, -0.05) is 29.3 Å². The predicted molar refractivity (Wildman–Crippen MR) is 125 cm³/mol. The molecule has 1 unspecified atom stereocenters. The van der Waals surface area contributed by atoms with Gasteiger partial charge in [0.2, 0.25) is 5.91 Å². The maximum Gasteiger partial charge on any atom is 0.257 e. The number of anilines is 1. The summed E-state index contributed by atoms with van der Waals surface area (Å²) in [6, 6.07) is 14.8. The zero-order valence-corrected chi connectivity index (χ0v) is 18.8. The summed E-state index contributed by atoms with van der Waals surface area (Å²) < 4.78 is 0. The van der Waals surface area contributed by atoms with Gasteiger partial charge in [0.05, 0.1) is 23.7 Å². The molecular weight excluding hydrogens is 414 g/mol. The molecule has 1 aliphatic carbocycles. The second-order valence-electron chi connectivity index (χ2n) is 8.67. The molecular formula is C27H27N3O3. The van der Waals surface area contributed by atoms with Gasteiger partial charge in [-0.25, -0.2) is 4.90 Å². The standard InChI is InChI=1S/C27H27N3O3/c1-19-7-11-22(12-8-19)26(32)29(16-15-20-5-3-2-4-6-20)24-17-25(31)30(27(24)33)23-13-9-21(18-28)10-14-23/h5,7-14,24H,2-4,6,15-17H2,1H3. The van der Waals surface area contributed by atoms with Crippen LogP contribution in [-0.2, 0) is 9.59 Å². The summed E-state index contributed by atoms with van der Waals surface area (Å²) in [5, 5.41) is 9.02. The smallest absolute Gasteiger partial charge is 0.257 e. The third kappa shape index (κ3) is 4.88. The fraction of sp³-hybridized carbons (Fsp3) is 0.333. The molecule has 0 saturated carbocycles. The molecule has 6 heteroatoms. The Labute approximate surface area is 194 Å². The van der Waals surface area contributed by atoms with Gasteiger partial charge in [0, 0.05) is 12.1 Å². The monoisotopic (exact) mass is 441 g/mol. The summed E-state index contributed by atoms with van der Waals surface area (Å²) in [5.41, 5.74) is 3.74. The maximum absolute atomic E-state index is 13.5. The number of amides is 3. The molecule has 0 bridgehead atoms. The van der Waals surface area contributed by atoms with E-state index in [-0.39, 0.29) is 18.2 Å². The Morgan fingerprint density at radius 3 is 2.45 bits per heavy atom. The van der Waals surface area contributed by atoms with Crippen molar-refractivity contribution in [1.82, 2.24) is 4.90 Å². The van der Waals surface area contributed by atoms with Crippen LogP contribution in [0.25, 0.3) is 0 Å². The second kappa shape index (κ2) is 9.83. The summed E-state index contributed by atoms with van der Waals surface area (Å²) in [6.45, 7) is 2.35. The highest BCUT2D eigenvalue weighted by atomic mass is 16.2. The van der Waals surface area contributed by atoms with E-state index in [1.54, 1.807) is 41.3 Å². The SMILES string of the molecule is Cc1ccc(C(=O)N(CCC2=CCCCC2)C2CC(=O)N(c3ccc(C#N)cc3)C2=O)cc1. The number of nitriles is 1. The van der Waals surface area contributed by atoms with Crippen molar-refractivity contribution in [3.63, 3.8) is 0 Å². The van der Waals surface area contributed by atoms with Gasteiger partial charge in [-0.15, -0.1) is 0 Å². The molecule has 1 atom stereocenters. The number of nitrogens with zero attached hydrogens (tertiary/aromatic N) is 3. The Balaban J connectivity index is 1.60. The Bertz CT molecular complexity index is 1130. The summed E-state index contributed by atoms with van der Waals surface area (Å²) in [6.07, 6.45) is 7.29. The molecule has 1 aliphatic heterocycles. The van der Waals surface area contributed by atoms with Crippen molar-refractivity contribution in [2.24, 2.45) is 0 Å². The van der Waals surface area contributed by atoms with Gasteiger partial charge in [-0.2, -0.15) is 5.26 Å². The van der Waals surface area contributed by atoms with E-state index < -0.39 is 11.9 Å². The third-order valence-corrected chi connectivity index (χ3v) is 6.37. The normalized spacial score (nSPS) is 18.1. The first-order valence-corrected chi connectivity index (χ1v) is 11.4. The van der Waals surface area contributed by atoms with Gasteiger partial charge >= 0.3 is 0 Å². The Morgan fingerprint density at radius 2 is 1.82 bits per heavy atom. The van der Waals surface area contributed by atoms with Crippen LogP contribution in [0.2, 0.25) is 0 Å². The molecule has 33 heavy (non-hydrogen) atoms. The Kier molecular flexibility index (Phi) is 6.69. The van der Waals surface area contributed by atoms with Crippen molar-refractivity contribution in [1.29, 1.82) is 5.26 Å². The zero-order chi connectivity index (χ0) is 23.4. The minimum absolute atomic E-state index is 0.0461. The van der Waals surface area contributed by atoms with Crippen LogP contribution >= 0.6 is 0 Å². The van der Waals surface area contributed by atoms with Crippen molar-refractivity contribution in [2.75, 3.05) is 11.4 Å². The minimum atomic E-state index is -0.842. The van der Waals surface area contributed by atoms with Crippen LogP contribution in [0.4, 0.5) is 5.69 Å². The van der Waals surface area contributed by atoms with E-state index in [4.69, 9.17) is 5.26 Å². The molecule has 1 heterocycles. The number of imide groups is 1. The van der Waals surface area contributed by atoms with E-state index in [1.165, 1.54) is 12.0 Å². The molecule has 0 aromatic heterocycles. The fourth-order valence-electron chi connectivity index (χ4n) is 4.47. The van der Waals surface area contributed by atoms with E-state index in [0.29, 0.717) is 29.8 Å². The van der Waals surface area contributed by atoms with E-state index >= 15 is 0 Å². The highest BCUT2D eigenvalue weighted by Crippen LogP contribution is 2.28. The lowest BCUT2D eigenvalue weighted by Gasteiger charge is -2.28. The van der Waals surface area contributed by atoms with Gasteiger partial charge < -0.3 is 4.90 Å². The summed E-state index contributed by atoms with van der Waals surface area (Å²) in [5.74, 6) is -0.977. The summed E-state index contributed by atoms with van der Waals surface area (Å²) in [4.78, 5) is 42.4. The lowest BCUT2D eigenvalue weighted by Crippen LogP contribution is -2.46. The number of carbonyl (C=O) groups is 3. The third-order valence-electron chi connectivity index (χ3n) is 6.37. The van der Waals surface area contributed by atoms with Crippen molar-refractivity contribution < 1.29 is 14.4 Å². The molecule has 2 aromatic rings. The molecule has 1 saturated heterocycles. The van der Waals surface area contributed by atoms with Crippen LogP contribution in [0.3, 0.4) is 0 Å². The lowest BCUT2D eigenvalue weighted by molar-refractivity contribution is -0.122. The summed E-state index contributed by atoms with van der Waals surface area (Å²) >= 11 is 0.